The van der Waals surface area contributed by atoms with Crippen molar-refractivity contribution in [3.05, 3.63) is 64.2 Å². The highest BCUT2D eigenvalue weighted by Crippen LogP contribution is 2.42. The van der Waals surface area contributed by atoms with Crippen LogP contribution in [0.3, 0.4) is 0 Å². The standard InChI is InChI=1S/C25H27ClF2N2O5S/c1-14-9-22(24(32)29-23(15-5-6-15)18-11-21(28)19(26)12-20(18)27)30(13-14)25(33)16-3-2-4-17(10-16)36(34,35)8-7-31/h2-4,10-12,14-15,22-23,31H,5-9,13H2,1H3,(H,29,32)/t14-,22-,23-/m1/s1. The third-order valence-electron chi connectivity index (χ3n) is 6.64. The number of nitrogens with one attached hydrogen (secondary N) is 1. The second-order valence-corrected chi connectivity index (χ2v) is 12.0. The third kappa shape index (κ3) is 5.55. The molecule has 2 fully saturated rings. The molecular weight excluding hydrogens is 514 g/mol. The lowest BCUT2D eigenvalue weighted by atomic mass is 10.00. The number of aliphatic hydroxyl groups is 1. The molecule has 36 heavy (non-hydrogen) atoms. The van der Waals surface area contributed by atoms with E-state index in [9.17, 15) is 26.8 Å². The molecule has 0 bridgehead atoms. The lowest BCUT2D eigenvalue weighted by molar-refractivity contribution is -0.125. The Morgan fingerprint density at radius 2 is 1.92 bits per heavy atom. The van der Waals surface area contributed by atoms with Crippen LogP contribution in [-0.4, -0.2) is 55.2 Å². The Bertz CT molecular complexity index is 1290. The summed E-state index contributed by atoms with van der Waals surface area (Å²) in [6, 6.07) is 5.77. The number of hydrogen-bond donors (Lipinski definition) is 2. The van der Waals surface area contributed by atoms with Gasteiger partial charge in [-0.05, 0) is 61.4 Å². The fourth-order valence-corrected chi connectivity index (χ4v) is 5.87. The van der Waals surface area contributed by atoms with E-state index in [4.69, 9.17) is 16.7 Å². The van der Waals surface area contributed by atoms with Crippen LogP contribution in [0, 0.1) is 23.5 Å². The van der Waals surface area contributed by atoms with E-state index in [1.165, 1.54) is 29.2 Å². The van der Waals surface area contributed by atoms with Crippen LogP contribution in [-0.2, 0) is 14.6 Å². The molecule has 7 nitrogen and oxygen atoms in total. The Morgan fingerprint density at radius 1 is 1.19 bits per heavy atom. The van der Waals surface area contributed by atoms with Gasteiger partial charge in [-0.1, -0.05) is 24.6 Å². The average Bonchev–Trinajstić information content (AvgIpc) is 3.60. The van der Waals surface area contributed by atoms with Gasteiger partial charge in [0.2, 0.25) is 5.91 Å². The van der Waals surface area contributed by atoms with E-state index in [1.807, 2.05) is 6.92 Å². The van der Waals surface area contributed by atoms with Gasteiger partial charge in [0.05, 0.1) is 28.3 Å². The molecule has 2 aliphatic rings. The van der Waals surface area contributed by atoms with E-state index in [0.717, 1.165) is 25.0 Å². The summed E-state index contributed by atoms with van der Waals surface area (Å²) in [5, 5.41) is 11.5. The number of nitrogens with zero attached hydrogens (tertiary/aromatic N) is 1. The number of carbonyl (C=O) groups excluding carboxylic acids is 2. The lowest BCUT2D eigenvalue weighted by Crippen LogP contribution is -2.47. The zero-order valence-corrected chi connectivity index (χ0v) is 21.2. The zero-order chi connectivity index (χ0) is 26.2. The molecule has 2 aromatic carbocycles. The van der Waals surface area contributed by atoms with E-state index >= 15 is 0 Å². The van der Waals surface area contributed by atoms with Crippen molar-refractivity contribution in [1.29, 1.82) is 0 Å². The van der Waals surface area contributed by atoms with Gasteiger partial charge in [-0.3, -0.25) is 9.59 Å². The first-order valence-electron chi connectivity index (χ1n) is 11.7. The maximum Gasteiger partial charge on any atom is 0.254 e. The molecule has 0 aromatic heterocycles. The first-order valence-corrected chi connectivity index (χ1v) is 13.7. The Morgan fingerprint density at radius 3 is 2.58 bits per heavy atom. The normalized spacial score (nSPS) is 20.9. The zero-order valence-electron chi connectivity index (χ0n) is 19.6. The number of amides is 2. The van der Waals surface area contributed by atoms with Crippen LogP contribution in [0.25, 0.3) is 0 Å². The van der Waals surface area contributed by atoms with Gasteiger partial charge < -0.3 is 15.3 Å². The molecule has 3 atom stereocenters. The summed E-state index contributed by atoms with van der Waals surface area (Å²) in [5.74, 6) is -3.02. The molecule has 2 N–H and O–H groups in total. The minimum absolute atomic E-state index is 0.00454. The Balaban J connectivity index is 1.57. The number of rotatable bonds is 8. The summed E-state index contributed by atoms with van der Waals surface area (Å²) in [4.78, 5) is 28.0. The van der Waals surface area contributed by atoms with Crippen molar-refractivity contribution in [2.24, 2.45) is 11.8 Å². The van der Waals surface area contributed by atoms with Crippen molar-refractivity contribution in [2.45, 2.75) is 43.2 Å². The summed E-state index contributed by atoms with van der Waals surface area (Å²) in [6.07, 6.45) is 1.86. The van der Waals surface area contributed by atoms with E-state index in [-0.39, 0.29) is 39.4 Å². The van der Waals surface area contributed by atoms with Crippen LogP contribution in [0.4, 0.5) is 8.78 Å². The molecule has 2 aromatic rings. The fraction of sp³-hybridized carbons (Fsp3) is 0.440. The molecular formula is C25H27ClF2N2O5S. The topological polar surface area (TPSA) is 104 Å². The predicted molar refractivity (Wildman–Crippen MR) is 129 cm³/mol. The monoisotopic (exact) mass is 540 g/mol. The smallest absolute Gasteiger partial charge is 0.254 e. The molecule has 1 aliphatic carbocycles. The van der Waals surface area contributed by atoms with Gasteiger partial charge in [-0.2, -0.15) is 0 Å². The molecule has 194 valence electrons. The molecule has 1 aliphatic heterocycles. The lowest BCUT2D eigenvalue weighted by Gasteiger charge is -2.27. The maximum atomic E-state index is 14.6. The largest absolute Gasteiger partial charge is 0.395 e. The van der Waals surface area contributed by atoms with Crippen molar-refractivity contribution in [3.8, 4) is 0 Å². The minimum atomic E-state index is -3.77. The number of carbonyl (C=O) groups is 2. The molecule has 0 spiro atoms. The van der Waals surface area contributed by atoms with Crippen LogP contribution >= 0.6 is 11.6 Å². The predicted octanol–water partition coefficient (Wildman–Crippen LogP) is 3.50. The minimum Gasteiger partial charge on any atom is -0.395 e. The second-order valence-electron chi connectivity index (χ2n) is 9.50. The molecule has 0 unspecified atom stereocenters. The van der Waals surface area contributed by atoms with E-state index in [2.05, 4.69) is 5.32 Å². The first-order chi connectivity index (χ1) is 17.0. The van der Waals surface area contributed by atoms with Crippen molar-refractivity contribution >= 4 is 33.3 Å². The third-order valence-corrected chi connectivity index (χ3v) is 8.62. The van der Waals surface area contributed by atoms with Crippen molar-refractivity contribution in [1.82, 2.24) is 10.2 Å². The van der Waals surface area contributed by atoms with Gasteiger partial charge in [0.25, 0.3) is 5.91 Å². The number of hydrogen-bond acceptors (Lipinski definition) is 5. The summed E-state index contributed by atoms with van der Waals surface area (Å²) >= 11 is 5.68. The second kappa shape index (κ2) is 10.4. The Labute approximate surface area is 213 Å². The first kappa shape index (κ1) is 26.5. The SMILES string of the molecule is C[C@@H]1C[C@H](C(=O)N[C@@H](c2cc(F)c(Cl)cc2F)C2CC2)N(C(=O)c2cccc(S(=O)(=O)CCO)c2)C1. The quantitative estimate of drug-likeness (QED) is 0.499. The molecule has 1 heterocycles. The summed E-state index contributed by atoms with van der Waals surface area (Å²) in [5.41, 5.74) is 0.115. The number of aliphatic hydroxyl groups excluding tert-OH is 1. The van der Waals surface area contributed by atoms with Gasteiger partial charge in [-0.15, -0.1) is 0 Å². The van der Waals surface area contributed by atoms with E-state index in [0.29, 0.717) is 6.42 Å². The summed E-state index contributed by atoms with van der Waals surface area (Å²) < 4.78 is 53.4. The molecule has 4 rings (SSSR count). The number of benzene rings is 2. The Hall–Kier alpha value is -2.56. The summed E-state index contributed by atoms with van der Waals surface area (Å²) in [6.45, 7) is 1.62. The van der Waals surface area contributed by atoms with Gasteiger partial charge in [-0.25, -0.2) is 17.2 Å². The highest BCUT2D eigenvalue weighted by atomic mass is 35.5. The number of halogens is 3. The van der Waals surface area contributed by atoms with Crippen LogP contribution < -0.4 is 5.32 Å². The average molecular weight is 541 g/mol. The van der Waals surface area contributed by atoms with E-state index in [1.54, 1.807) is 0 Å². The number of likely N-dealkylation sites (tertiary alicyclic amines) is 1. The van der Waals surface area contributed by atoms with E-state index < -0.39 is 57.7 Å². The highest BCUT2D eigenvalue weighted by Gasteiger charge is 2.42. The van der Waals surface area contributed by atoms with Crippen LogP contribution in [0.5, 0.6) is 0 Å². The Kier molecular flexibility index (Phi) is 7.68. The number of sulfone groups is 1. The molecule has 2 amide bonds. The van der Waals surface area contributed by atoms with Crippen molar-refractivity contribution < 1.29 is 31.9 Å². The molecule has 0 radical (unpaired) electrons. The van der Waals surface area contributed by atoms with Crippen LogP contribution in [0.1, 0.15) is 48.1 Å². The molecule has 1 saturated carbocycles. The van der Waals surface area contributed by atoms with Gasteiger partial charge in [0, 0.05) is 17.7 Å². The van der Waals surface area contributed by atoms with Crippen molar-refractivity contribution in [3.63, 3.8) is 0 Å². The maximum absolute atomic E-state index is 14.6. The summed E-state index contributed by atoms with van der Waals surface area (Å²) in [7, 11) is -3.77. The van der Waals surface area contributed by atoms with Crippen LogP contribution in [0.15, 0.2) is 41.3 Å². The van der Waals surface area contributed by atoms with Crippen LogP contribution in [0.2, 0.25) is 5.02 Å². The molecule has 1 saturated heterocycles. The van der Waals surface area contributed by atoms with Gasteiger partial charge in [0.1, 0.15) is 17.7 Å². The van der Waals surface area contributed by atoms with Crippen molar-refractivity contribution in [2.75, 3.05) is 18.9 Å². The van der Waals surface area contributed by atoms with Gasteiger partial charge in [0.15, 0.2) is 9.84 Å². The molecule has 11 heteroatoms. The fourth-order valence-electron chi connectivity index (χ4n) is 4.65. The highest BCUT2D eigenvalue weighted by molar-refractivity contribution is 7.91. The van der Waals surface area contributed by atoms with Gasteiger partial charge >= 0.3 is 0 Å².